The minimum atomic E-state index is -0.268. The van der Waals surface area contributed by atoms with Gasteiger partial charge in [0.2, 0.25) is 0 Å². The third-order valence-corrected chi connectivity index (χ3v) is 17.9. The lowest BCUT2D eigenvalue weighted by molar-refractivity contribution is 0.661. The third kappa shape index (κ3) is 7.30. The van der Waals surface area contributed by atoms with E-state index in [2.05, 4.69) is 305 Å². The van der Waals surface area contributed by atoms with Crippen molar-refractivity contribution < 1.29 is 0 Å². The molecule has 0 N–H and O–H groups in total. The molecule has 0 nitrogen and oxygen atoms in total. The molecule has 0 atom stereocenters. The summed E-state index contributed by atoms with van der Waals surface area (Å²) in [5, 5.41) is 15.1. The molecule has 0 saturated carbocycles. The lowest BCUT2D eigenvalue weighted by atomic mass is 9.78. The van der Waals surface area contributed by atoms with Gasteiger partial charge in [-0.1, -0.05) is 293 Å². The fourth-order valence-electron chi connectivity index (χ4n) is 14.1. The van der Waals surface area contributed by atoms with Gasteiger partial charge in [0.15, 0.2) is 0 Å². The van der Waals surface area contributed by atoms with Gasteiger partial charge in [-0.3, -0.25) is 0 Å². The Morgan fingerprint density at radius 1 is 0.173 bits per heavy atom. The molecule has 15 aromatic carbocycles. The van der Waals surface area contributed by atoms with E-state index in [4.69, 9.17) is 0 Å². The van der Waals surface area contributed by atoms with Crippen LogP contribution in [0.4, 0.5) is 0 Å². The summed E-state index contributed by atoms with van der Waals surface area (Å²) in [5.41, 5.74) is 22.6. The van der Waals surface area contributed by atoms with Crippen molar-refractivity contribution in [2.45, 2.75) is 19.3 Å². The lowest BCUT2D eigenvalue weighted by Crippen LogP contribution is -2.15. The summed E-state index contributed by atoms with van der Waals surface area (Å²) in [6.45, 7) is 4.86. The Hall–Kier alpha value is -10.1. The number of rotatable bonds is 7. The summed E-state index contributed by atoms with van der Waals surface area (Å²) in [6.07, 6.45) is 0. The fraction of sp³-hybridized carbons (Fsp3) is 0.0370. The van der Waals surface area contributed by atoms with E-state index in [1.165, 1.54) is 165 Å². The van der Waals surface area contributed by atoms with Crippen LogP contribution in [-0.4, -0.2) is 0 Å². The molecule has 0 aliphatic heterocycles. The van der Waals surface area contributed by atoms with E-state index in [1.54, 1.807) is 0 Å². The van der Waals surface area contributed by atoms with Crippen LogP contribution in [0.2, 0.25) is 0 Å². The smallest absolute Gasteiger partial charge is 0.0159 e. The number of hydrogen-bond donors (Lipinski definition) is 0. The Balaban J connectivity index is 0.835. The average Bonchev–Trinajstić information content (AvgIpc) is 3.97. The van der Waals surface area contributed by atoms with Gasteiger partial charge in [0.25, 0.3) is 0 Å². The highest BCUT2D eigenvalue weighted by Crippen LogP contribution is 2.55. The second-order valence-electron chi connectivity index (χ2n) is 22.6. The van der Waals surface area contributed by atoms with E-state index in [0.717, 1.165) is 0 Å². The van der Waals surface area contributed by atoms with Crippen molar-refractivity contribution in [1.82, 2.24) is 0 Å². The quantitative estimate of drug-likeness (QED) is 0.140. The van der Waals surface area contributed by atoms with E-state index in [0.29, 0.717) is 0 Å². The van der Waals surface area contributed by atoms with E-state index < -0.39 is 0 Å². The standard InChI is InChI=1S/C81H54/c1-81(2)73-49-57(77-63-27-11-9-25-61(63)75(62-26-10-12-28-64(62)77)55-41-37-53(38-42-55)51-21-5-3-6-22-51)45-47-59(73)60-48-46-58(50-74(60)81)78-67-31-15-19-35-71(67)80(72-36-20-16-32-68(72)78)79-69-33-17-13-29-65(69)76(66-30-14-18-34-70(66)79)56-43-39-54(40-44-56)52-23-7-4-8-24-52/h3-50H,1-2H3. The zero-order valence-corrected chi connectivity index (χ0v) is 45.2. The molecule has 0 heteroatoms. The van der Waals surface area contributed by atoms with Gasteiger partial charge in [-0.25, -0.2) is 0 Å². The highest BCUT2D eigenvalue weighted by molar-refractivity contribution is 6.30. The molecule has 0 amide bonds. The SMILES string of the molecule is CC1(C)c2cc(-c3c4ccccc4c(-c4ccc(-c5ccccc5)cc4)c4ccccc34)ccc2-c2ccc(-c3c4ccccc4c(-c4c5ccccc5c(-c5ccc(-c6ccccc6)cc5)c5ccccc45)c4ccccc34)cc21. The summed E-state index contributed by atoms with van der Waals surface area (Å²) in [6, 6.07) is 109. The molecular formula is C81H54. The first kappa shape index (κ1) is 46.9. The second kappa shape index (κ2) is 18.5. The summed E-state index contributed by atoms with van der Waals surface area (Å²) in [5.74, 6) is 0. The van der Waals surface area contributed by atoms with Gasteiger partial charge in [-0.15, -0.1) is 0 Å². The molecule has 0 fully saturated rings. The molecule has 15 aromatic rings. The van der Waals surface area contributed by atoms with Crippen LogP contribution < -0.4 is 0 Å². The molecule has 0 bridgehead atoms. The molecular weight excluding hydrogens is 973 g/mol. The molecule has 0 aromatic heterocycles. The van der Waals surface area contributed by atoms with Gasteiger partial charge in [-0.05, 0) is 177 Å². The fourth-order valence-corrected chi connectivity index (χ4v) is 14.1. The first-order valence-electron chi connectivity index (χ1n) is 28.4. The zero-order valence-electron chi connectivity index (χ0n) is 45.2. The Bertz CT molecular complexity index is 4850. The molecule has 1 aliphatic carbocycles. The van der Waals surface area contributed by atoms with Crippen LogP contribution in [0.3, 0.4) is 0 Å². The number of hydrogen-bond acceptors (Lipinski definition) is 0. The molecule has 16 rings (SSSR count). The molecule has 0 spiro atoms. The number of fused-ring (bicyclic) bond motifs is 9. The summed E-state index contributed by atoms with van der Waals surface area (Å²) in [7, 11) is 0. The van der Waals surface area contributed by atoms with Crippen LogP contribution in [-0.2, 0) is 5.41 Å². The monoisotopic (exact) mass is 1030 g/mol. The van der Waals surface area contributed by atoms with Crippen molar-refractivity contribution in [2.24, 2.45) is 0 Å². The van der Waals surface area contributed by atoms with Gasteiger partial charge in [0.05, 0.1) is 0 Å². The summed E-state index contributed by atoms with van der Waals surface area (Å²) in [4.78, 5) is 0. The van der Waals surface area contributed by atoms with Crippen LogP contribution in [0.5, 0.6) is 0 Å². The maximum Gasteiger partial charge on any atom is 0.0159 e. The van der Waals surface area contributed by atoms with Gasteiger partial charge < -0.3 is 0 Å². The van der Waals surface area contributed by atoms with Crippen molar-refractivity contribution >= 4 is 64.6 Å². The van der Waals surface area contributed by atoms with Gasteiger partial charge in [0, 0.05) is 5.41 Å². The van der Waals surface area contributed by atoms with Gasteiger partial charge >= 0.3 is 0 Å². The van der Waals surface area contributed by atoms with Crippen molar-refractivity contribution in [3.05, 3.63) is 302 Å². The summed E-state index contributed by atoms with van der Waals surface area (Å²) < 4.78 is 0. The predicted molar refractivity (Wildman–Crippen MR) is 347 cm³/mol. The zero-order chi connectivity index (χ0) is 53.8. The third-order valence-electron chi connectivity index (χ3n) is 17.9. The molecule has 378 valence electrons. The van der Waals surface area contributed by atoms with Crippen LogP contribution in [0.25, 0.3) is 154 Å². The molecule has 1 aliphatic rings. The largest absolute Gasteiger partial charge is 0.0622 e. The Morgan fingerprint density at radius 2 is 0.370 bits per heavy atom. The van der Waals surface area contributed by atoms with Crippen LogP contribution >= 0.6 is 0 Å². The highest BCUT2D eigenvalue weighted by Gasteiger charge is 2.37. The van der Waals surface area contributed by atoms with E-state index in [1.807, 2.05) is 0 Å². The first-order valence-corrected chi connectivity index (χ1v) is 28.4. The second-order valence-corrected chi connectivity index (χ2v) is 22.6. The van der Waals surface area contributed by atoms with Crippen molar-refractivity contribution in [3.63, 3.8) is 0 Å². The van der Waals surface area contributed by atoms with E-state index >= 15 is 0 Å². The normalized spacial score (nSPS) is 12.7. The molecule has 0 radical (unpaired) electrons. The van der Waals surface area contributed by atoms with Crippen molar-refractivity contribution in [3.8, 4) is 89.0 Å². The minimum absolute atomic E-state index is 0.268. The Labute approximate surface area is 472 Å². The predicted octanol–water partition coefficient (Wildman–Crippen LogP) is 22.6. The topological polar surface area (TPSA) is 0 Å². The molecule has 0 saturated heterocycles. The number of benzene rings is 15. The van der Waals surface area contributed by atoms with Crippen LogP contribution in [0.15, 0.2) is 291 Å². The lowest BCUT2D eigenvalue weighted by Gasteiger charge is -2.24. The van der Waals surface area contributed by atoms with Gasteiger partial charge in [-0.2, -0.15) is 0 Å². The maximum atomic E-state index is 2.52. The highest BCUT2D eigenvalue weighted by atomic mass is 14.4. The average molecular weight is 1030 g/mol. The Kier molecular flexibility index (Phi) is 10.7. The first-order chi connectivity index (χ1) is 40.0. The van der Waals surface area contributed by atoms with Crippen LogP contribution in [0, 0.1) is 0 Å². The van der Waals surface area contributed by atoms with Gasteiger partial charge in [0.1, 0.15) is 0 Å². The van der Waals surface area contributed by atoms with E-state index in [-0.39, 0.29) is 5.41 Å². The Morgan fingerprint density at radius 3 is 0.642 bits per heavy atom. The molecule has 0 heterocycles. The molecule has 81 heavy (non-hydrogen) atoms. The van der Waals surface area contributed by atoms with Crippen molar-refractivity contribution in [2.75, 3.05) is 0 Å². The van der Waals surface area contributed by atoms with Crippen LogP contribution in [0.1, 0.15) is 25.0 Å². The maximum absolute atomic E-state index is 2.52. The summed E-state index contributed by atoms with van der Waals surface area (Å²) >= 11 is 0. The minimum Gasteiger partial charge on any atom is -0.0622 e. The van der Waals surface area contributed by atoms with E-state index in [9.17, 15) is 0 Å². The van der Waals surface area contributed by atoms with Crippen molar-refractivity contribution in [1.29, 1.82) is 0 Å². The molecule has 0 unspecified atom stereocenters.